The Morgan fingerprint density at radius 1 is 1.11 bits per heavy atom. The van der Waals surface area contributed by atoms with E-state index in [4.69, 9.17) is 0 Å². The SMILES string of the molecule is O=C1NCCC12Cc1cnc(Nc3ccc(N4CCNCC4)cc3F)nc1N(C1CCCC1)C2=O. The largest absolute Gasteiger partial charge is 0.369 e. The molecule has 3 N–H and O–H groups in total. The normalized spacial score (nSPS) is 24.7. The molecular weight excluding hydrogens is 449 g/mol. The van der Waals surface area contributed by atoms with Crippen molar-refractivity contribution in [3.8, 4) is 0 Å². The zero-order chi connectivity index (χ0) is 24.0. The van der Waals surface area contributed by atoms with Gasteiger partial charge in [-0.3, -0.25) is 14.5 Å². The van der Waals surface area contributed by atoms with Crippen molar-refractivity contribution in [3.05, 3.63) is 35.8 Å². The van der Waals surface area contributed by atoms with E-state index >= 15 is 0 Å². The number of carbonyl (C=O) groups is 2. The topological polar surface area (TPSA) is 102 Å². The van der Waals surface area contributed by atoms with Gasteiger partial charge in [-0.2, -0.15) is 4.98 Å². The monoisotopic (exact) mass is 479 g/mol. The van der Waals surface area contributed by atoms with Crippen LogP contribution in [0.3, 0.4) is 0 Å². The molecule has 1 aliphatic carbocycles. The lowest BCUT2D eigenvalue weighted by Crippen LogP contribution is -2.56. The molecule has 1 atom stereocenters. The summed E-state index contributed by atoms with van der Waals surface area (Å²) in [6, 6.07) is 5.15. The van der Waals surface area contributed by atoms with E-state index in [1.165, 1.54) is 6.07 Å². The van der Waals surface area contributed by atoms with Gasteiger partial charge in [-0.15, -0.1) is 0 Å². The number of aromatic nitrogens is 2. The summed E-state index contributed by atoms with van der Waals surface area (Å²) in [7, 11) is 0. The molecule has 2 saturated heterocycles. The fourth-order valence-electron chi connectivity index (χ4n) is 5.91. The molecule has 2 aromatic rings. The van der Waals surface area contributed by atoms with Crippen LogP contribution in [-0.2, 0) is 16.0 Å². The molecule has 2 amide bonds. The Kier molecular flexibility index (Phi) is 5.55. The Hall–Kier alpha value is -3.27. The number of piperazine rings is 1. The van der Waals surface area contributed by atoms with Crippen LogP contribution in [0.1, 0.15) is 37.7 Å². The molecule has 1 unspecified atom stereocenters. The lowest BCUT2D eigenvalue weighted by molar-refractivity contribution is -0.140. The number of halogens is 1. The lowest BCUT2D eigenvalue weighted by atomic mass is 9.76. The minimum atomic E-state index is -1.07. The summed E-state index contributed by atoms with van der Waals surface area (Å²) in [6.07, 6.45) is 6.32. The number of hydrogen-bond acceptors (Lipinski definition) is 7. The quantitative estimate of drug-likeness (QED) is 0.577. The van der Waals surface area contributed by atoms with Crippen LogP contribution in [-0.4, -0.2) is 60.5 Å². The van der Waals surface area contributed by atoms with Crippen LogP contribution < -0.4 is 25.8 Å². The number of rotatable bonds is 4. The highest BCUT2D eigenvalue weighted by Crippen LogP contribution is 2.44. The van der Waals surface area contributed by atoms with Crippen molar-refractivity contribution in [2.45, 2.75) is 44.6 Å². The number of benzene rings is 1. The van der Waals surface area contributed by atoms with Gasteiger partial charge in [-0.05, 0) is 37.5 Å². The van der Waals surface area contributed by atoms with Crippen LogP contribution in [0, 0.1) is 11.2 Å². The van der Waals surface area contributed by atoms with Crippen molar-refractivity contribution in [2.24, 2.45) is 5.41 Å². The molecule has 1 saturated carbocycles. The van der Waals surface area contributed by atoms with E-state index in [0.29, 0.717) is 25.2 Å². The molecule has 184 valence electrons. The zero-order valence-corrected chi connectivity index (χ0v) is 19.6. The van der Waals surface area contributed by atoms with Gasteiger partial charge >= 0.3 is 0 Å². The average molecular weight is 480 g/mol. The second-order valence-electron chi connectivity index (χ2n) is 9.95. The van der Waals surface area contributed by atoms with E-state index in [1.807, 2.05) is 6.07 Å². The molecule has 1 aromatic carbocycles. The molecule has 0 radical (unpaired) electrons. The summed E-state index contributed by atoms with van der Waals surface area (Å²) in [6.45, 7) is 3.94. The van der Waals surface area contributed by atoms with E-state index in [-0.39, 0.29) is 35.3 Å². The average Bonchev–Trinajstić information content (AvgIpc) is 3.53. The molecular formula is C25H30FN7O2. The molecule has 1 spiro atoms. The predicted molar refractivity (Wildman–Crippen MR) is 130 cm³/mol. The summed E-state index contributed by atoms with van der Waals surface area (Å²) in [5.74, 6) is 0.0310. The van der Waals surface area contributed by atoms with Crippen molar-refractivity contribution in [1.82, 2.24) is 20.6 Å². The first-order valence-electron chi connectivity index (χ1n) is 12.6. The van der Waals surface area contributed by atoms with E-state index in [9.17, 15) is 14.0 Å². The standard InChI is InChI=1S/C25H30FN7O2/c26-19-13-18(32-11-9-27-10-12-32)5-6-20(19)30-24-29-15-16-14-25(7-8-28-22(25)34)23(35)33(21(16)31-24)17-3-1-2-4-17/h5-6,13,15,17,27H,1-4,7-12,14H2,(H,28,34)(H,29,30,31). The first-order valence-corrected chi connectivity index (χ1v) is 12.6. The minimum Gasteiger partial charge on any atom is -0.369 e. The maximum atomic E-state index is 15.0. The van der Waals surface area contributed by atoms with E-state index in [2.05, 4.69) is 30.8 Å². The summed E-state index contributed by atoms with van der Waals surface area (Å²) in [4.78, 5) is 39.5. The first-order chi connectivity index (χ1) is 17.0. The Morgan fingerprint density at radius 3 is 2.63 bits per heavy atom. The van der Waals surface area contributed by atoms with Gasteiger partial charge in [0.2, 0.25) is 17.8 Å². The fraction of sp³-hybridized carbons (Fsp3) is 0.520. The number of amides is 2. The zero-order valence-electron chi connectivity index (χ0n) is 19.6. The van der Waals surface area contributed by atoms with Crippen LogP contribution in [0.4, 0.5) is 27.5 Å². The summed E-state index contributed by atoms with van der Waals surface area (Å²) < 4.78 is 15.0. The maximum absolute atomic E-state index is 15.0. The van der Waals surface area contributed by atoms with Gasteiger partial charge < -0.3 is 20.9 Å². The van der Waals surface area contributed by atoms with Gasteiger partial charge in [0.1, 0.15) is 17.1 Å². The second kappa shape index (κ2) is 8.75. The van der Waals surface area contributed by atoms with Crippen LogP contribution >= 0.6 is 0 Å². The predicted octanol–water partition coefficient (Wildman–Crippen LogP) is 2.11. The molecule has 10 heteroatoms. The third-order valence-corrected chi connectivity index (χ3v) is 7.83. The molecule has 35 heavy (non-hydrogen) atoms. The van der Waals surface area contributed by atoms with Crippen molar-refractivity contribution in [3.63, 3.8) is 0 Å². The van der Waals surface area contributed by atoms with Gasteiger partial charge in [0, 0.05) is 62.6 Å². The fourth-order valence-corrected chi connectivity index (χ4v) is 5.91. The van der Waals surface area contributed by atoms with Crippen LogP contribution in [0.15, 0.2) is 24.4 Å². The Bertz CT molecular complexity index is 1160. The van der Waals surface area contributed by atoms with E-state index in [0.717, 1.165) is 63.1 Å². The van der Waals surface area contributed by atoms with Crippen molar-refractivity contribution in [1.29, 1.82) is 0 Å². The van der Waals surface area contributed by atoms with Crippen molar-refractivity contribution < 1.29 is 14.0 Å². The number of nitrogens with zero attached hydrogens (tertiary/aromatic N) is 4. The molecule has 4 aliphatic rings. The van der Waals surface area contributed by atoms with E-state index in [1.54, 1.807) is 17.2 Å². The van der Waals surface area contributed by atoms with Crippen molar-refractivity contribution >= 4 is 35.0 Å². The van der Waals surface area contributed by atoms with Crippen LogP contribution in [0.2, 0.25) is 0 Å². The number of anilines is 4. The third-order valence-electron chi connectivity index (χ3n) is 7.83. The van der Waals surface area contributed by atoms with Gasteiger partial charge in [0.05, 0.1) is 5.69 Å². The van der Waals surface area contributed by atoms with Crippen LogP contribution in [0.25, 0.3) is 0 Å². The van der Waals surface area contributed by atoms with E-state index < -0.39 is 5.41 Å². The Morgan fingerprint density at radius 2 is 1.91 bits per heavy atom. The van der Waals surface area contributed by atoms with Gasteiger partial charge in [0.25, 0.3) is 0 Å². The number of hydrogen-bond donors (Lipinski definition) is 3. The minimum absolute atomic E-state index is 0.0182. The van der Waals surface area contributed by atoms with Gasteiger partial charge in [-0.1, -0.05) is 12.8 Å². The molecule has 6 rings (SSSR count). The molecule has 0 bridgehead atoms. The molecule has 1 aromatic heterocycles. The second-order valence-corrected chi connectivity index (χ2v) is 9.95. The first kappa shape index (κ1) is 22.2. The smallest absolute Gasteiger partial charge is 0.244 e. The highest BCUT2D eigenvalue weighted by Gasteiger charge is 2.56. The third kappa shape index (κ3) is 3.80. The maximum Gasteiger partial charge on any atom is 0.244 e. The van der Waals surface area contributed by atoms with Crippen molar-refractivity contribution in [2.75, 3.05) is 47.8 Å². The molecule has 4 heterocycles. The summed E-state index contributed by atoms with van der Waals surface area (Å²) >= 11 is 0. The molecule has 3 fully saturated rings. The number of fused-ring (bicyclic) bond motifs is 1. The molecule has 3 aliphatic heterocycles. The Balaban J connectivity index is 1.30. The Labute approximate surface area is 203 Å². The highest BCUT2D eigenvalue weighted by molar-refractivity contribution is 6.14. The van der Waals surface area contributed by atoms with Crippen LogP contribution in [0.5, 0.6) is 0 Å². The lowest BCUT2D eigenvalue weighted by Gasteiger charge is -2.40. The number of carbonyl (C=O) groups excluding carboxylic acids is 2. The van der Waals surface area contributed by atoms with Gasteiger partial charge in [0.15, 0.2) is 0 Å². The summed E-state index contributed by atoms with van der Waals surface area (Å²) in [5.41, 5.74) is 0.845. The molecule has 9 nitrogen and oxygen atoms in total. The van der Waals surface area contributed by atoms with Gasteiger partial charge in [-0.25, -0.2) is 9.37 Å². The number of nitrogens with one attached hydrogen (secondary N) is 3. The highest BCUT2D eigenvalue weighted by atomic mass is 19.1. The summed E-state index contributed by atoms with van der Waals surface area (Å²) in [5, 5.41) is 9.14.